The number of carbonyl (C=O) groups excluding carboxylic acids is 1. The van der Waals surface area contributed by atoms with E-state index in [0.29, 0.717) is 48.7 Å². The molecule has 0 saturated carbocycles. The number of carboxylic acid groups (broad SMARTS) is 1. The molecule has 148 valence electrons. The highest BCUT2D eigenvalue weighted by molar-refractivity contribution is 5.95. The first kappa shape index (κ1) is 19.5. The van der Waals surface area contributed by atoms with Gasteiger partial charge in [0.15, 0.2) is 11.5 Å². The van der Waals surface area contributed by atoms with Crippen molar-refractivity contribution in [2.45, 2.75) is 18.9 Å². The van der Waals surface area contributed by atoms with Gasteiger partial charge in [-0.05, 0) is 24.3 Å². The summed E-state index contributed by atoms with van der Waals surface area (Å²) in [4.78, 5) is 29.0. The zero-order valence-corrected chi connectivity index (χ0v) is 15.8. The van der Waals surface area contributed by atoms with Crippen LogP contribution >= 0.6 is 0 Å². The fourth-order valence-electron chi connectivity index (χ4n) is 3.11. The highest BCUT2D eigenvalue weighted by Crippen LogP contribution is 2.38. The smallest absolute Gasteiger partial charge is 0.354 e. The lowest BCUT2D eigenvalue weighted by Gasteiger charge is -2.32. The standard InChI is InChI=1S/C20H22N2O6/c1-26-16-4-3-5-17(27-2)18(16)28-14-8-10-22(11-9-14)19(23)13-6-7-15(20(24)25)21-12-13/h3-7,12,14H,8-11H2,1-2H3,(H,24,25). The number of carboxylic acids is 1. The molecule has 8 nitrogen and oxygen atoms in total. The number of para-hydroxylation sites is 1. The molecule has 28 heavy (non-hydrogen) atoms. The summed E-state index contributed by atoms with van der Waals surface area (Å²) in [7, 11) is 3.15. The van der Waals surface area contributed by atoms with Crippen molar-refractivity contribution < 1.29 is 28.9 Å². The van der Waals surface area contributed by atoms with Gasteiger partial charge in [-0.1, -0.05) is 6.07 Å². The minimum absolute atomic E-state index is 0.0678. The van der Waals surface area contributed by atoms with Crippen LogP contribution in [-0.2, 0) is 0 Å². The van der Waals surface area contributed by atoms with Crippen LogP contribution < -0.4 is 14.2 Å². The lowest BCUT2D eigenvalue weighted by molar-refractivity contribution is 0.0582. The van der Waals surface area contributed by atoms with Crippen molar-refractivity contribution in [1.29, 1.82) is 0 Å². The van der Waals surface area contributed by atoms with E-state index in [1.54, 1.807) is 19.1 Å². The van der Waals surface area contributed by atoms with Crippen LogP contribution in [0.2, 0.25) is 0 Å². The van der Waals surface area contributed by atoms with Crippen molar-refractivity contribution in [2.75, 3.05) is 27.3 Å². The summed E-state index contributed by atoms with van der Waals surface area (Å²) >= 11 is 0. The maximum atomic E-state index is 12.6. The molecule has 1 N–H and O–H groups in total. The molecule has 0 bridgehead atoms. The molecule has 1 fully saturated rings. The van der Waals surface area contributed by atoms with Gasteiger partial charge in [-0.2, -0.15) is 0 Å². The second-order valence-electron chi connectivity index (χ2n) is 6.34. The fourth-order valence-corrected chi connectivity index (χ4v) is 3.11. The number of ether oxygens (including phenoxy) is 3. The monoisotopic (exact) mass is 386 g/mol. The number of piperidine rings is 1. The van der Waals surface area contributed by atoms with Gasteiger partial charge in [0, 0.05) is 32.1 Å². The van der Waals surface area contributed by atoms with E-state index >= 15 is 0 Å². The number of hydrogen-bond acceptors (Lipinski definition) is 6. The molecular formula is C20H22N2O6. The Labute approximate surface area is 162 Å². The highest BCUT2D eigenvalue weighted by Gasteiger charge is 2.26. The zero-order valence-electron chi connectivity index (χ0n) is 15.8. The first-order valence-electron chi connectivity index (χ1n) is 8.89. The largest absolute Gasteiger partial charge is 0.493 e. The van der Waals surface area contributed by atoms with Gasteiger partial charge >= 0.3 is 5.97 Å². The van der Waals surface area contributed by atoms with Crippen molar-refractivity contribution in [3.05, 3.63) is 47.8 Å². The first-order valence-corrected chi connectivity index (χ1v) is 8.89. The summed E-state index contributed by atoms with van der Waals surface area (Å²) in [6.45, 7) is 1.06. The predicted molar refractivity (Wildman–Crippen MR) is 100 cm³/mol. The molecular weight excluding hydrogens is 364 g/mol. The molecule has 1 saturated heterocycles. The van der Waals surface area contributed by atoms with Crippen molar-refractivity contribution in [2.24, 2.45) is 0 Å². The first-order chi connectivity index (χ1) is 13.5. The van der Waals surface area contributed by atoms with E-state index in [9.17, 15) is 9.59 Å². The second kappa shape index (κ2) is 8.60. The minimum Gasteiger partial charge on any atom is -0.493 e. The van der Waals surface area contributed by atoms with Gasteiger partial charge in [-0.15, -0.1) is 0 Å². The maximum Gasteiger partial charge on any atom is 0.354 e. The van der Waals surface area contributed by atoms with Gasteiger partial charge in [0.1, 0.15) is 11.8 Å². The Kier molecular flexibility index (Phi) is 5.98. The van der Waals surface area contributed by atoms with Crippen LogP contribution in [0.1, 0.15) is 33.7 Å². The Bertz CT molecular complexity index is 822. The lowest BCUT2D eigenvalue weighted by atomic mass is 10.1. The van der Waals surface area contributed by atoms with E-state index in [0.717, 1.165) is 0 Å². The molecule has 1 aromatic carbocycles. The molecule has 1 amide bonds. The maximum absolute atomic E-state index is 12.6. The number of likely N-dealkylation sites (tertiary alicyclic amines) is 1. The number of aromatic nitrogens is 1. The van der Waals surface area contributed by atoms with E-state index in [1.165, 1.54) is 18.3 Å². The van der Waals surface area contributed by atoms with Crippen LogP contribution in [0.5, 0.6) is 17.2 Å². The van der Waals surface area contributed by atoms with Crippen LogP contribution in [0, 0.1) is 0 Å². The third-order valence-corrected chi connectivity index (χ3v) is 4.63. The van der Waals surface area contributed by atoms with Crippen LogP contribution in [-0.4, -0.2) is 60.3 Å². The number of carbonyl (C=O) groups is 2. The van der Waals surface area contributed by atoms with E-state index < -0.39 is 5.97 Å². The lowest BCUT2D eigenvalue weighted by Crippen LogP contribution is -2.41. The van der Waals surface area contributed by atoms with Gasteiger partial charge < -0.3 is 24.2 Å². The zero-order chi connectivity index (χ0) is 20.1. The Hall–Kier alpha value is -3.29. The number of amides is 1. The number of aromatic carboxylic acids is 1. The topological polar surface area (TPSA) is 98.2 Å². The van der Waals surface area contributed by atoms with Crippen LogP contribution in [0.3, 0.4) is 0 Å². The van der Waals surface area contributed by atoms with Gasteiger partial charge in [-0.25, -0.2) is 9.78 Å². The molecule has 3 rings (SSSR count). The summed E-state index contributed by atoms with van der Waals surface area (Å²) in [5, 5.41) is 8.90. The Morgan fingerprint density at radius 1 is 1.07 bits per heavy atom. The third-order valence-electron chi connectivity index (χ3n) is 4.63. The molecule has 2 aromatic rings. The summed E-state index contributed by atoms with van der Waals surface area (Å²) in [6.07, 6.45) is 2.55. The van der Waals surface area contributed by atoms with Crippen molar-refractivity contribution in [3.8, 4) is 17.2 Å². The van der Waals surface area contributed by atoms with E-state index in [4.69, 9.17) is 19.3 Å². The molecule has 8 heteroatoms. The highest BCUT2D eigenvalue weighted by atomic mass is 16.5. The summed E-state index contributed by atoms with van der Waals surface area (Å²) in [5.41, 5.74) is 0.283. The molecule has 0 radical (unpaired) electrons. The van der Waals surface area contributed by atoms with Crippen LogP contribution in [0.15, 0.2) is 36.5 Å². The normalized spacial score (nSPS) is 14.4. The Balaban J connectivity index is 1.62. The average molecular weight is 386 g/mol. The fraction of sp³-hybridized carbons (Fsp3) is 0.350. The second-order valence-corrected chi connectivity index (χ2v) is 6.34. The van der Waals surface area contributed by atoms with Gasteiger partial charge in [0.2, 0.25) is 5.75 Å². The minimum atomic E-state index is -1.12. The van der Waals surface area contributed by atoms with E-state index in [-0.39, 0.29) is 17.7 Å². The molecule has 1 aliphatic heterocycles. The van der Waals surface area contributed by atoms with Crippen molar-refractivity contribution in [1.82, 2.24) is 9.88 Å². The number of benzene rings is 1. The summed E-state index contributed by atoms with van der Waals surface area (Å²) in [5.74, 6) is 0.470. The van der Waals surface area contributed by atoms with Gasteiger partial charge in [0.25, 0.3) is 5.91 Å². The Morgan fingerprint density at radius 2 is 1.71 bits per heavy atom. The number of nitrogens with zero attached hydrogens (tertiary/aromatic N) is 2. The molecule has 0 spiro atoms. The Morgan fingerprint density at radius 3 is 2.21 bits per heavy atom. The van der Waals surface area contributed by atoms with Gasteiger partial charge in [-0.3, -0.25) is 4.79 Å². The number of hydrogen-bond donors (Lipinski definition) is 1. The van der Waals surface area contributed by atoms with Crippen LogP contribution in [0.4, 0.5) is 0 Å². The number of pyridine rings is 1. The molecule has 2 heterocycles. The van der Waals surface area contributed by atoms with Gasteiger partial charge in [0.05, 0.1) is 19.8 Å². The third kappa shape index (κ3) is 4.16. The molecule has 1 aliphatic rings. The molecule has 0 aliphatic carbocycles. The van der Waals surface area contributed by atoms with Crippen molar-refractivity contribution in [3.63, 3.8) is 0 Å². The van der Waals surface area contributed by atoms with E-state index in [2.05, 4.69) is 4.98 Å². The number of rotatable bonds is 6. The average Bonchev–Trinajstić information content (AvgIpc) is 2.74. The summed E-state index contributed by atoms with van der Waals surface area (Å²) < 4.78 is 16.8. The quantitative estimate of drug-likeness (QED) is 0.814. The molecule has 1 aromatic heterocycles. The SMILES string of the molecule is COc1cccc(OC)c1OC1CCN(C(=O)c2ccc(C(=O)O)nc2)CC1. The van der Waals surface area contributed by atoms with E-state index in [1.807, 2.05) is 18.2 Å². The predicted octanol–water partition coefficient (Wildman–Crippen LogP) is 2.48. The van der Waals surface area contributed by atoms with Crippen LogP contribution in [0.25, 0.3) is 0 Å². The summed E-state index contributed by atoms with van der Waals surface area (Å²) in [6, 6.07) is 8.27. The molecule has 0 atom stereocenters. The molecule has 0 unspecified atom stereocenters. The number of methoxy groups -OCH3 is 2. The van der Waals surface area contributed by atoms with Crippen molar-refractivity contribution >= 4 is 11.9 Å².